The predicted molar refractivity (Wildman–Crippen MR) is 157 cm³/mol. The van der Waals surface area contributed by atoms with Gasteiger partial charge >= 0.3 is 5.97 Å². The second-order valence-corrected chi connectivity index (χ2v) is 12.0. The maximum atomic E-state index is 14.6. The number of carbonyl (C=O) groups is 2. The zero-order chi connectivity index (χ0) is 28.9. The summed E-state index contributed by atoms with van der Waals surface area (Å²) in [5.74, 6) is -0.798. The SMILES string of the molecule is C=CC1(C)SC(C(=O)NC(C)c2cc(F)cc(Oc3ccc(CCC(=O)O)c(CC)c3)c2)=C(C)C1/C=C(\C)Cl. The lowest BCUT2D eigenvalue weighted by molar-refractivity contribution is -0.137. The number of hydrogen-bond donors (Lipinski definition) is 2. The molecule has 5 nitrogen and oxygen atoms in total. The second-order valence-electron chi connectivity index (χ2n) is 9.93. The first-order valence-electron chi connectivity index (χ1n) is 12.9. The minimum atomic E-state index is -0.847. The average Bonchev–Trinajstić information content (AvgIpc) is 3.12. The van der Waals surface area contributed by atoms with Crippen molar-refractivity contribution in [3.05, 3.63) is 93.1 Å². The Bertz CT molecular complexity index is 1330. The van der Waals surface area contributed by atoms with Gasteiger partial charge in [0.15, 0.2) is 0 Å². The number of benzene rings is 2. The first-order valence-corrected chi connectivity index (χ1v) is 14.1. The topological polar surface area (TPSA) is 75.6 Å². The molecule has 208 valence electrons. The average molecular weight is 572 g/mol. The Morgan fingerprint density at radius 3 is 2.59 bits per heavy atom. The van der Waals surface area contributed by atoms with Crippen molar-refractivity contribution < 1.29 is 23.8 Å². The summed E-state index contributed by atoms with van der Waals surface area (Å²) in [4.78, 5) is 24.8. The van der Waals surface area contributed by atoms with Gasteiger partial charge in [-0.25, -0.2) is 4.39 Å². The number of halogens is 2. The van der Waals surface area contributed by atoms with E-state index in [-0.39, 0.29) is 18.2 Å². The molecule has 0 radical (unpaired) electrons. The quantitative estimate of drug-likeness (QED) is 0.266. The van der Waals surface area contributed by atoms with Crippen LogP contribution < -0.4 is 10.1 Å². The molecule has 1 aliphatic rings. The Balaban J connectivity index is 1.79. The lowest BCUT2D eigenvalue weighted by Crippen LogP contribution is -2.27. The third kappa shape index (κ3) is 7.55. The van der Waals surface area contributed by atoms with Crippen LogP contribution in [0.15, 0.2) is 70.6 Å². The summed E-state index contributed by atoms with van der Waals surface area (Å²) >= 11 is 7.61. The molecular weight excluding hydrogens is 537 g/mol. The molecule has 0 aromatic heterocycles. The molecule has 0 saturated heterocycles. The standard InChI is InChI=1S/C31H35ClFNO4S/c1-7-21-15-25(11-9-22(21)10-12-28(35)36)38-26-16-23(14-24(33)17-26)20(5)34-30(37)29-19(4)27(13-18(3)32)31(6,8-2)39-29/h8-9,11,13-17,20,27H,2,7,10,12H2,1,3-6H3,(H,34,37)(H,35,36)/b18-13+. The monoisotopic (exact) mass is 571 g/mol. The fourth-order valence-electron chi connectivity index (χ4n) is 4.70. The molecule has 0 bridgehead atoms. The van der Waals surface area contributed by atoms with Gasteiger partial charge in [-0.05, 0) is 87.1 Å². The van der Waals surface area contributed by atoms with Gasteiger partial charge in [0.05, 0.1) is 10.9 Å². The molecule has 3 atom stereocenters. The third-order valence-electron chi connectivity index (χ3n) is 6.92. The molecule has 0 spiro atoms. The molecule has 1 heterocycles. The smallest absolute Gasteiger partial charge is 0.303 e. The zero-order valence-electron chi connectivity index (χ0n) is 22.9. The van der Waals surface area contributed by atoms with E-state index in [0.29, 0.717) is 39.8 Å². The highest BCUT2D eigenvalue weighted by Crippen LogP contribution is 2.52. The van der Waals surface area contributed by atoms with Gasteiger partial charge in [-0.1, -0.05) is 36.7 Å². The van der Waals surface area contributed by atoms with E-state index in [1.54, 1.807) is 19.1 Å². The molecule has 1 amide bonds. The van der Waals surface area contributed by atoms with Crippen molar-refractivity contribution in [2.75, 3.05) is 0 Å². The van der Waals surface area contributed by atoms with E-state index in [2.05, 4.69) is 11.9 Å². The highest BCUT2D eigenvalue weighted by Gasteiger charge is 2.42. The molecular formula is C31H35ClFNO4S. The van der Waals surface area contributed by atoms with Gasteiger partial charge in [-0.3, -0.25) is 9.59 Å². The minimum absolute atomic E-state index is 0.0511. The van der Waals surface area contributed by atoms with Crippen LogP contribution in [-0.2, 0) is 22.4 Å². The summed E-state index contributed by atoms with van der Waals surface area (Å²) in [6.07, 6.45) is 4.97. The molecule has 2 aromatic rings. The first-order chi connectivity index (χ1) is 18.4. The number of aliphatic carboxylic acids is 1. The molecule has 3 unspecified atom stereocenters. The molecule has 1 aliphatic heterocycles. The molecule has 39 heavy (non-hydrogen) atoms. The second kappa shape index (κ2) is 12.9. The van der Waals surface area contributed by atoms with Crippen LogP contribution in [0.2, 0.25) is 0 Å². The molecule has 0 fully saturated rings. The molecule has 2 aromatic carbocycles. The van der Waals surface area contributed by atoms with E-state index in [4.69, 9.17) is 21.4 Å². The summed E-state index contributed by atoms with van der Waals surface area (Å²) in [5, 5.41) is 12.6. The van der Waals surface area contributed by atoms with Gasteiger partial charge in [0.1, 0.15) is 17.3 Å². The molecule has 0 saturated carbocycles. The van der Waals surface area contributed by atoms with Crippen LogP contribution in [0.25, 0.3) is 0 Å². The van der Waals surface area contributed by atoms with Crippen molar-refractivity contribution in [1.82, 2.24) is 5.32 Å². The number of carboxylic acids is 1. The minimum Gasteiger partial charge on any atom is -0.481 e. The maximum absolute atomic E-state index is 14.6. The van der Waals surface area contributed by atoms with E-state index in [1.807, 2.05) is 52.0 Å². The maximum Gasteiger partial charge on any atom is 0.303 e. The molecule has 0 aliphatic carbocycles. The van der Waals surface area contributed by atoms with Gasteiger partial charge in [0.2, 0.25) is 0 Å². The van der Waals surface area contributed by atoms with E-state index in [0.717, 1.165) is 16.7 Å². The Labute approximate surface area is 239 Å². The normalized spacial score (nSPS) is 20.1. The van der Waals surface area contributed by atoms with Crippen molar-refractivity contribution in [2.45, 2.75) is 64.7 Å². The zero-order valence-corrected chi connectivity index (χ0v) is 24.5. The Kier molecular flexibility index (Phi) is 10.1. The fraction of sp³-hybridized carbons (Fsp3) is 0.355. The lowest BCUT2D eigenvalue weighted by atomic mass is 9.86. The summed E-state index contributed by atoms with van der Waals surface area (Å²) in [5.41, 5.74) is 3.40. The number of carbonyl (C=O) groups excluding carboxylic acids is 1. The van der Waals surface area contributed by atoms with Crippen LogP contribution in [0.1, 0.15) is 63.8 Å². The molecule has 8 heteroatoms. The summed E-state index contributed by atoms with van der Waals surface area (Å²) < 4.78 is 20.2. The first kappa shape index (κ1) is 30.5. The van der Waals surface area contributed by atoms with Crippen molar-refractivity contribution in [1.29, 1.82) is 0 Å². The number of amides is 1. The summed E-state index contributed by atoms with van der Waals surface area (Å²) in [6.45, 7) is 13.5. The van der Waals surface area contributed by atoms with Gasteiger partial charge in [0.25, 0.3) is 5.91 Å². The summed E-state index contributed by atoms with van der Waals surface area (Å²) in [7, 11) is 0. The Morgan fingerprint density at radius 2 is 1.97 bits per heavy atom. The largest absolute Gasteiger partial charge is 0.481 e. The number of hydrogen-bond acceptors (Lipinski definition) is 4. The van der Waals surface area contributed by atoms with Crippen LogP contribution >= 0.6 is 23.4 Å². The van der Waals surface area contributed by atoms with Crippen molar-refractivity contribution >= 4 is 35.2 Å². The highest BCUT2D eigenvalue weighted by molar-refractivity contribution is 8.05. The van der Waals surface area contributed by atoms with Gasteiger partial charge in [-0.2, -0.15) is 0 Å². The van der Waals surface area contributed by atoms with Crippen LogP contribution in [-0.4, -0.2) is 21.7 Å². The van der Waals surface area contributed by atoms with E-state index in [1.165, 1.54) is 23.9 Å². The number of rotatable bonds is 11. The van der Waals surface area contributed by atoms with E-state index in [9.17, 15) is 14.0 Å². The molecule has 3 rings (SSSR count). The summed E-state index contributed by atoms with van der Waals surface area (Å²) in [6, 6.07) is 9.34. The third-order valence-corrected chi connectivity index (χ3v) is 8.61. The van der Waals surface area contributed by atoms with Crippen molar-refractivity contribution in [3.63, 3.8) is 0 Å². The highest BCUT2D eigenvalue weighted by atomic mass is 35.5. The number of aryl methyl sites for hydroxylation is 2. The Hall–Kier alpha value is -3.03. The van der Waals surface area contributed by atoms with E-state index < -0.39 is 22.6 Å². The number of nitrogens with one attached hydrogen (secondary N) is 1. The van der Waals surface area contributed by atoms with Crippen molar-refractivity contribution in [3.8, 4) is 11.5 Å². The van der Waals surface area contributed by atoms with Gasteiger partial charge in [0, 0.05) is 28.2 Å². The van der Waals surface area contributed by atoms with Gasteiger partial charge < -0.3 is 15.2 Å². The van der Waals surface area contributed by atoms with E-state index >= 15 is 0 Å². The predicted octanol–water partition coefficient (Wildman–Crippen LogP) is 8.10. The van der Waals surface area contributed by atoms with Crippen LogP contribution in [0.3, 0.4) is 0 Å². The fourth-order valence-corrected chi connectivity index (χ4v) is 6.17. The van der Waals surface area contributed by atoms with Crippen LogP contribution in [0, 0.1) is 11.7 Å². The lowest BCUT2D eigenvalue weighted by Gasteiger charge is -2.26. The van der Waals surface area contributed by atoms with Crippen LogP contribution in [0.5, 0.6) is 11.5 Å². The Morgan fingerprint density at radius 1 is 1.26 bits per heavy atom. The van der Waals surface area contributed by atoms with Crippen molar-refractivity contribution in [2.24, 2.45) is 5.92 Å². The van der Waals surface area contributed by atoms with Gasteiger partial charge in [-0.15, -0.1) is 18.3 Å². The number of carboxylic acid groups (broad SMARTS) is 1. The number of thioether (sulfide) groups is 1. The number of allylic oxidation sites excluding steroid dienone is 3. The number of ether oxygens (including phenoxy) is 1. The van der Waals surface area contributed by atoms with Crippen LogP contribution in [0.4, 0.5) is 4.39 Å². The molecule has 2 N–H and O–H groups in total.